The largest absolute Gasteiger partial charge is 0.460 e. The number of hydrogen-bond donors (Lipinski definition) is 1. The standard InChI is InChI=1S/C15H16N2O6S/c1-10-9-13(15(19)22-10)23-14(18)11-3-5-12(6-4-11)24(20,21)17-8-2-7-16/h3-6,10,13,17H,2,8-9H2,1H3/t10-,13-/m1/s1. The highest BCUT2D eigenvalue weighted by Gasteiger charge is 2.35. The molecule has 0 amide bonds. The summed E-state index contributed by atoms with van der Waals surface area (Å²) in [6.07, 6.45) is -0.898. The Morgan fingerprint density at radius 2 is 2.08 bits per heavy atom. The van der Waals surface area contributed by atoms with E-state index in [4.69, 9.17) is 14.7 Å². The van der Waals surface area contributed by atoms with Gasteiger partial charge in [0.2, 0.25) is 16.1 Å². The van der Waals surface area contributed by atoms with E-state index in [0.29, 0.717) is 6.42 Å². The van der Waals surface area contributed by atoms with Crippen molar-refractivity contribution in [3.05, 3.63) is 29.8 Å². The molecule has 1 fully saturated rings. The number of hydrogen-bond acceptors (Lipinski definition) is 7. The lowest BCUT2D eigenvalue weighted by molar-refractivity contribution is -0.147. The number of nitrogens with zero attached hydrogens (tertiary/aromatic N) is 1. The quantitative estimate of drug-likeness (QED) is 0.591. The Hall–Kier alpha value is -2.44. The molecule has 0 unspecified atom stereocenters. The van der Waals surface area contributed by atoms with Crippen LogP contribution in [0.3, 0.4) is 0 Å². The van der Waals surface area contributed by atoms with Crippen LogP contribution < -0.4 is 4.72 Å². The molecule has 1 heterocycles. The molecule has 1 aromatic rings. The summed E-state index contributed by atoms with van der Waals surface area (Å²) in [7, 11) is -3.74. The van der Waals surface area contributed by atoms with Crippen molar-refractivity contribution in [2.45, 2.75) is 36.9 Å². The molecule has 0 radical (unpaired) electrons. The normalized spacial score (nSPS) is 20.2. The molecule has 24 heavy (non-hydrogen) atoms. The summed E-state index contributed by atoms with van der Waals surface area (Å²) >= 11 is 0. The van der Waals surface area contributed by atoms with Crippen LogP contribution in [0.5, 0.6) is 0 Å². The van der Waals surface area contributed by atoms with Gasteiger partial charge in [0.05, 0.1) is 16.5 Å². The van der Waals surface area contributed by atoms with Crippen LogP contribution in [0.1, 0.15) is 30.1 Å². The average molecular weight is 352 g/mol. The Labute approximate surface area is 139 Å². The number of nitriles is 1. The molecule has 1 saturated heterocycles. The number of ether oxygens (including phenoxy) is 2. The van der Waals surface area contributed by atoms with Gasteiger partial charge in [0, 0.05) is 19.4 Å². The molecular formula is C15H16N2O6S. The highest BCUT2D eigenvalue weighted by molar-refractivity contribution is 7.89. The molecule has 0 aliphatic carbocycles. The topological polar surface area (TPSA) is 123 Å². The van der Waals surface area contributed by atoms with Gasteiger partial charge < -0.3 is 9.47 Å². The maximum absolute atomic E-state index is 12.0. The van der Waals surface area contributed by atoms with Crippen molar-refractivity contribution in [1.82, 2.24) is 4.72 Å². The maximum atomic E-state index is 12.0. The van der Waals surface area contributed by atoms with Gasteiger partial charge in [-0.3, -0.25) is 0 Å². The molecule has 0 spiro atoms. The monoisotopic (exact) mass is 352 g/mol. The summed E-state index contributed by atoms with van der Waals surface area (Å²) in [6, 6.07) is 6.93. The van der Waals surface area contributed by atoms with Crippen LogP contribution in [0.4, 0.5) is 0 Å². The zero-order chi connectivity index (χ0) is 17.7. The van der Waals surface area contributed by atoms with Crippen molar-refractivity contribution < 1.29 is 27.5 Å². The predicted octanol–water partition coefficient (Wildman–Crippen LogP) is 0.739. The smallest absolute Gasteiger partial charge is 0.347 e. The number of rotatable bonds is 6. The molecule has 1 aliphatic heterocycles. The third kappa shape index (κ3) is 4.31. The van der Waals surface area contributed by atoms with E-state index in [1.807, 2.05) is 6.07 Å². The van der Waals surface area contributed by atoms with Crippen LogP contribution in [0.15, 0.2) is 29.2 Å². The highest BCUT2D eigenvalue weighted by atomic mass is 32.2. The summed E-state index contributed by atoms with van der Waals surface area (Å²) in [5, 5.41) is 8.41. The number of benzene rings is 1. The second-order valence-corrected chi connectivity index (χ2v) is 6.97. The predicted molar refractivity (Wildman–Crippen MR) is 81.2 cm³/mol. The Balaban J connectivity index is 2.02. The highest BCUT2D eigenvalue weighted by Crippen LogP contribution is 2.19. The van der Waals surface area contributed by atoms with Gasteiger partial charge in [0.25, 0.3) is 0 Å². The van der Waals surface area contributed by atoms with Gasteiger partial charge in [-0.15, -0.1) is 0 Å². The van der Waals surface area contributed by atoms with Gasteiger partial charge in [0.1, 0.15) is 6.10 Å². The van der Waals surface area contributed by atoms with Crippen molar-refractivity contribution >= 4 is 22.0 Å². The van der Waals surface area contributed by atoms with Gasteiger partial charge in [-0.05, 0) is 31.2 Å². The van der Waals surface area contributed by atoms with Crippen molar-refractivity contribution in [3.8, 4) is 6.07 Å². The number of cyclic esters (lactones) is 1. The average Bonchev–Trinajstić information content (AvgIpc) is 2.85. The van der Waals surface area contributed by atoms with Crippen molar-refractivity contribution in [2.75, 3.05) is 6.54 Å². The van der Waals surface area contributed by atoms with E-state index in [0.717, 1.165) is 0 Å². The van der Waals surface area contributed by atoms with Crippen molar-refractivity contribution in [2.24, 2.45) is 0 Å². The first-order valence-corrected chi connectivity index (χ1v) is 8.70. The second kappa shape index (κ2) is 7.42. The Morgan fingerprint density at radius 1 is 1.42 bits per heavy atom. The fourth-order valence-electron chi connectivity index (χ4n) is 2.11. The fraction of sp³-hybridized carbons (Fsp3) is 0.400. The molecule has 2 atom stereocenters. The molecule has 1 N–H and O–H groups in total. The molecule has 9 heteroatoms. The van der Waals surface area contributed by atoms with E-state index in [-0.39, 0.29) is 29.5 Å². The minimum absolute atomic E-state index is 0.00457. The lowest BCUT2D eigenvalue weighted by atomic mass is 10.2. The first kappa shape index (κ1) is 17.9. The molecule has 128 valence electrons. The molecule has 1 aliphatic rings. The summed E-state index contributed by atoms with van der Waals surface area (Å²) in [5.74, 6) is -1.32. The van der Waals surface area contributed by atoms with E-state index in [1.165, 1.54) is 24.3 Å². The SMILES string of the molecule is C[C@@H]1C[C@@H](OC(=O)c2ccc(S(=O)(=O)NCCC#N)cc2)C(=O)O1. The molecule has 8 nitrogen and oxygen atoms in total. The van der Waals surface area contributed by atoms with Crippen LogP contribution in [0.25, 0.3) is 0 Å². The zero-order valence-corrected chi connectivity index (χ0v) is 13.7. The van der Waals surface area contributed by atoms with Gasteiger partial charge in [-0.2, -0.15) is 5.26 Å². The summed E-state index contributed by atoms with van der Waals surface area (Å²) in [4.78, 5) is 23.4. The van der Waals surface area contributed by atoms with Crippen LogP contribution in [0.2, 0.25) is 0 Å². The van der Waals surface area contributed by atoms with Crippen molar-refractivity contribution in [3.63, 3.8) is 0 Å². The number of carbonyl (C=O) groups excluding carboxylic acids is 2. The van der Waals surface area contributed by atoms with Crippen LogP contribution in [-0.2, 0) is 24.3 Å². The summed E-state index contributed by atoms with van der Waals surface area (Å²) in [6.45, 7) is 1.70. The Bertz CT molecular complexity index is 766. The molecule has 0 bridgehead atoms. The summed E-state index contributed by atoms with van der Waals surface area (Å²) in [5.41, 5.74) is 0.123. The first-order chi connectivity index (χ1) is 11.3. The second-order valence-electron chi connectivity index (χ2n) is 5.21. The third-order valence-electron chi connectivity index (χ3n) is 3.30. The van der Waals surface area contributed by atoms with E-state index in [9.17, 15) is 18.0 Å². The van der Waals surface area contributed by atoms with Crippen LogP contribution in [-0.4, -0.2) is 39.1 Å². The van der Waals surface area contributed by atoms with Crippen LogP contribution in [0, 0.1) is 11.3 Å². The molecular weight excluding hydrogens is 336 g/mol. The molecule has 0 aromatic heterocycles. The zero-order valence-electron chi connectivity index (χ0n) is 12.9. The molecule has 1 aromatic carbocycles. The van der Waals surface area contributed by atoms with Gasteiger partial charge in [-0.1, -0.05) is 0 Å². The first-order valence-electron chi connectivity index (χ1n) is 7.21. The Morgan fingerprint density at radius 3 is 2.62 bits per heavy atom. The van der Waals surface area contributed by atoms with E-state index >= 15 is 0 Å². The number of esters is 2. The molecule has 2 rings (SSSR count). The van der Waals surface area contributed by atoms with Crippen LogP contribution >= 0.6 is 0 Å². The fourth-order valence-corrected chi connectivity index (χ4v) is 3.14. The minimum atomic E-state index is -3.74. The van der Waals surface area contributed by atoms with Gasteiger partial charge in [0.15, 0.2) is 0 Å². The number of nitrogens with one attached hydrogen (secondary N) is 1. The van der Waals surface area contributed by atoms with E-state index in [2.05, 4.69) is 4.72 Å². The third-order valence-corrected chi connectivity index (χ3v) is 4.78. The lowest BCUT2D eigenvalue weighted by Crippen LogP contribution is -2.25. The Kier molecular flexibility index (Phi) is 5.54. The number of sulfonamides is 1. The van der Waals surface area contributed by atoms with Crippen molar-refractivity contribution in [1.29, 1.82) is 5.26 Å². The number of carbonyl (C=O) groups is 2. The molecule has 0 saturated carbocycles. The van der Waals surface area contributed by atoms with Gasteiger partial charge in [-0.25, -0.2) is 22.7 Å². The summed E-state index contributed by atoms with van der Waals surface area (Å²) < 4.78 is 36.1. The lowest BCUT2D eigenvalue weighted by Gasteiger charge is -2.09. The minimum Gasteiger partial charge on any atom is -0.460 e. The van der Waals surface area contributed by atoms with E-state index < -0.39 is 28.1 Å². The van der Waals surface area contributed by atoms with Gasteiger partial charge >= 0.3 is 11.9 Å². The maximum Gasteiger partial charge on any atom is 0.347 e. The van der Waals surface area contributed by atoms with E-state index in [1.54, 1.807) is 6.92 Å².